The van der Waals surface area contributed by atoms with Crippen LogP contribution >= 0.6 is 0 Å². The van der Waals surface area contributed by atoms with E-state index < -0.39 is 0 Å². The van der Waals surface area contributed by atoms with Crippen molar-refractivity contribution in [2.45, 2.75) is 6.04 Å². The molecule has 0 aliphatic heterocycles. The van der Waals surface area contributed by atoms with Crippen molar-refractivity contribution in [1.82, 2.24) is 15.1 Å². The lowest BCUT2D eigenvalue weighted by atomic mass is 10.1. The van der Waals surface area contributed by atoms with E-state index in [4.69, 9.17) is 5.73 Å². The molecule has 0 bridgehead atoms. The summed E-state index contributed by atoms with van der Waals surface area (Å²) < 4.78 is 1.59. The second-order valence-electron chi connectivity index (χ2n) is 4.08. The molecule has 0 aliphatic carbocycles. The number of hydrogen-bond acceptors (Lipinski definition) is 3. The topological polar surface area (TPSA) is 72.9 Å². The van der Waals surface area contributed by atoms with E-state index in [1.807, 2.05) is 30.3 Å². The van der Waals surface area contributed by atoms with E-state index in [1.165, 1.54) is 6.20 Å². The van der Waals surface area contributed by atoms with Crippen molar-refractivity contribution in [2.24, 2.45) is 12.8 Å². The largest absolute Gasteiger partial charge is 0.344 e. The smallest absolute Gasteiger partial charge is 0.254 e. The molecule has 1 atom stereocenters. The maximum Gasteiger partial charge on any atom is 0.254 e. The summed E-state index contributed by atoms with van der Waals surface area (Å²) in [4.78, 5) is 12.0. The predicted molar refractivity (Wildman–Crippen MR) is 68.9 cm³/mol. The van der Waals surface area contributed by atoms with Crippen molar-refractivity contribution in [2.75, 3.05) is 6.54 Å². The molecule has 5 heteroatoms. The third kappa shape index (κ3) is 2.75. The summed E-state index contributed by atoms with van der Waals surface area (Å²) in [7, 11) is 1.77. The van der Waals surface area contributed by atoms with Gasteiger partial charge in [-0.1, -0.05) is 30.3 Å². The van der Waals surface area contributed by atoms with Gasteiger partial charge in [-0.05, 0) is 5.56 Å². The Kier molecular flexibility index (Phi) is 3.74. The van der Waals surface area contributed by atoms with Crippen molar-refractivity contribution in [3.8, 4) is 0 Å². The molecule has 2 aromatic rings. The number of hydrogen-bond donors (Lipinski definition) is 2. The molecule has 0 spiro atoms. The molecule has 2 rings (SSSR count). The number of carbonyl (C=O) groups excluding carboxylic acids is 1. The van der Waals surface area contributed by atoms with Gasteiger partial charge in [0.25, 0.3) is 5.91 Å². The minimum absolute atomic E-state index is 0.164. The van der Waals surface area contributed by atoms with Crippen LogP contribution in [-0.2, 0) is 7.05 Å². The maximum atomic E-state index is 12.0. The van der Waals surface area contributed by atoms with E-state index in [9.17, 15) is 4.79 Å². The molecule has 1 amide bonds. The zero-order chi connectivity index (χ0) is 13.0. The first kappa shape index (κ1) is 12.3. The number of carbonyl (C=O) groups is 1. The highest BCUT2D eigenvalue weighted by atomic mass is 16.1. The predicted octanol–water partition coefficient (Wildman–Crippen LogP) is 0.850. The van der Waals surface area contributed by atoms with Crippen LogP contribution in [-0.4, -0.2) is 22.2 Å². The van der Waals surface area contributed by atoms with Gasteiger partial charge >= 0.3 is 0 Å². The van der Waals surface area contributed by atoms with Crippen molar-refractivity contribution in [3.05, 3.63) is 53.9 Å². The van der Waals surface area contributed by atoms with Crippen molar-refractivity contribution in [3.63, 3.8) is 0 Å². The molecule has 0 saturated heterocycles. The molecular formula is C13H16N4O. The Bertz CT molecular complexity index is 521. The normalized spacial score (nSPS) is 12.1. The van der Waals surface area contributed by atoms with E-state index in [0.29, 0.717) is 12.1 Å². The van der Waals surface area contributed by atoms with E-state index in [2.05, 4.69) is 10.4 Å². The Morgan fingerprint density at radius 1 is 1.44 bits per heavy atom. The van der Waals surface area contributed by atoms with Crippen LogP contribution in [0, 0.1) is 0 Å². The van der Waals surface area contributed by atoms with E-state index in [-0.39, 0.29) is 11.9 Å². The van der Waals surface area contributed by atoms with Gasteiger partial charge in [0.1, 0.15) is 0 Å². The summed E-state index contributed by atoms with van der Waals surface area (Å²) in [5, 5.41) is 6.86. The standard InChI is InChI=1S/C13H16N4O/c1-17-9-11(8-15-17)13(18)16-12(7-14)10-5-3-2-4-6-10/h2-6,8-9,12H,7,14H2,1H3,(H,16,18). The number of nitrogens with zero attached hydrogens (tertiary/aromatic N) is 2. The first-order valence-electron chi connectivity index (χ1n) is 5.75. The first-order valence-corrected chi connectivity index (χ1v) is 5.75. The highest BCUT2D eigenvalue weighted by molar-refractivity contribution is 5.93. The summed E-state index contributed by atoms with van der Waals surface area (Å²) in [6, 6.07) is 9.49. The third-order valence-electron chi connectivity index (χ3n) is 2.71. The summed E-state index contributed by atoms with van der Waals surface area (Å²) >= 11 is 0. The molecule has 94 valence electrons. The van der Waals surface area contributed by atoms with Gasteiger partial charge < -0.3 is 11.1 Å². The molecule has 0 fully saturated rings. The molecule has 5 nitrogen and oxygen atoms in total. The van der Waals surface area contributed by atoms with Crippen LogP contribution in [0.25, 0.3) is 0 Å². The van der Waals surface area contributed by atoms with Gasteiger partial charge in [0, 0.05) is 19.8 Å². The lowest BCUT2D eigenvalue weighted by Crippen LogP contribution is -2.33. The Labute approximate surface area is 106 Å². The van der Waals surface area contributed by atoms with Crippen molar-refractivity contribution < 1.29 is 4.79 Å². The highest BCUT2D eigenvalue weighted by Crippen LogP contribution is 2.11. The van der Waals surface area contributed by atoms with Gasteiger partial charge in [-0.25, -0.2) is 0 Å². The fraction of sp³-hybridized carbons (Fsp3) is 0.231. The van der Waals surface area contributed by atoms with Gasteiger partial charge in [-0.15, -0.1) is 0 Å². The Hall–Kier alpha value is -2.14. The molecular weight excluding hydrogens is 228 g/mol. The number of nitrogens with two attached hydrogens (primary N) is 1. The van der Waals surface area contributed by atoms with Gasteiger partial charge in [-0.3, -0.25) is 9.48 Å². The third-order valence-corrected chi connectivity index (χ3v) is 2.71. The summed E-state index contributed by atoms with van der Waals surface area (Å²) in [6.45, 7) is 0.357. The van der Waals surface area contributed by atoms with Crippen LogP contribution in [0.1, 0.15) is 22.0 Å². The number of benzene rings is 1. The van der Waals surface area contributed by atoms with Gasteiger partial charge in [-0.2, -0.15) is 5.10 Å². The lowest BCUT2D eigenvalue weighted by Gasteiger charge is -2.16. The fourth-order valence-electron chi connectivity index (χ4n) is 1.74. The molecule has 1 aromatic heterocycles. The number of aromatic nitrogens is 2. The van der Waals surface area contributed by atoms with Gasteiger partial charge in [0.15, 0.2) is 0 Å². The molecule has 3 N–H and O–H groups in total. The molecule has 0 aliphatic rings. The molecule has 0 radical (unpaired) electrons. The van der Waals surface area contributed by atoms with E-state index in [1.54, 1.807) is 17.9 Å². The van der Waals surface area contributed by atoms with Crippen LogP contribution in [0.15, 0.2) is 42.7 Å². The van der Waals surface area contributed by atoms with Gasteiger partial charge in [0.2, 0.25) is 0 Å². The molecule has 1 heterocycles. The molecule has 1 aromatic carbocycles. The maximum absolute atomic E-state index is 12.0. The molecule has 0 saturated carbocycles. The average Bonchev–Trinajstić information content (AvgIpc) is 2.83. The second kappa shape index (κ2) is 5.46. The quantitative estimate of drug-likeness (QED) is 0.837. The Morgan fingerprint density at radius 3 is 2.72 bits per heavy atom. The first-order chi connectivity index (χ1) is 8.70. The van der Waals surface area contributed by atoms with Crippen LogP contribution in [0.5, 0.6) is 0 Å². The molecule has 1 unspecified atom stereocenters. The zero-order valence-corrected chi connectivity index (χ0v) is 10.2. The minimum atomic E-state index is -0.182. The monoisotopic (exact) mass is 244 g/mol. The van der Waals surface area contributed by atoms with Crippen LogP contribution < -0.4 is 11.1 Å². The average molecular weight is 244 g/mol. The van der Waals surface area contributed by atoms with E-state index in [0.717, 1.165) is 5.56 Å². The van der Waals surface area contributed by atoms with Crippen LogP contribution in [0.2, 0.25) is 0 Å². The van der Waals surface area contributed by atoms with Crippen LogP contribution in [0.4, 0.5) is 0 Å². The number of amides is 1. The molecule has 18 heavy (non-hydrogen) atoms. The lowest BCUT2D eigenvalue weighted by molar-refractivity contribution is 0.0938. The Morgan fingerprint density at radius 2 is 2.17 bits per heavy atom. The minimum Gasteiger partial charge on any atom is -0.344 e. The zero-order valence-electron chi connectivity index (χ0n) is 10.2. The summed E-state index contributed by atoms with van der Waals surface area (Å²) in [5.41, 5.74) is 7.23. The van der Waals surface area contributed by atoms with Crippen LogP contribution in [0.3, 0.4) is 0 Å². The van der Waals surface area contributed by atoms with E-state index >= 15 is 0 Å². The summed E-state index contributed by atoms with van der Waals surface area (Å²) in [6.07, 6.45) is 3.21. The van der Waals surface area contributed by atoms with Crippen molar-refractivity contribution in [1.29, 1.82) is 0 Å². The number of aryl methyl sites for hydroxylation is 1. The number of nitrogens with one attached hydrogen (secondary N) is 1. The second-order valence-corrected chi connectivity index (χ2v) is 4.08. The summed E-state index contributed by atoms with van der Waals surface area (Å²) in [5.74, 6) is -0.164. The van der Waals surface area contributed by atoms with Gasteiger partial charge in [0.05, 0.1) is 17.8 Å². The Balaban J connectivity index is 2.10. The van der Waals surface area contributed by atoms with Crippen molar-refractivity contribution >= 4 is 5.91 Å². The fourth-order valence-corrected chi connectivity index (χ4v) is 1.74. The highest BCUT2D eigenvalue weighted by Gasteiger charge is 2.14. The number of rotatable bonds is 4. The SMILES string of the molecule is Cn1cc(C(=O)NC(CN)c2ccccc2)cn1.